The van der Waals surface area contributed by atoms with Gasteiger partial charge in [-0.25, -0.2) is 12.3 Å². The van der Waals surface area contributed by atoms with Gasteiger partial charge in [-0.2, -0.15) is 0 Å². The Hall–Kier alpha value is -0.527. The van der Waals surface area contributed by atoms with Crippen molar-refractivity contribution in [2.24, 2.45) is 0 Å². The van der Waals surface area contributed by atoms with Crippen molar-refractivity contribution in [3.63, 3.8) is 0 Å². The molecule has 0 aromatic rings. The van der Waals surface area contributed by atoms with Gasteiger partial charge in [0.25, 0.3) is 0 Å². The maximum atomic E-state index is 9.77. The molecule has 2 radical (unpaired) electrons. The topological polar surface area (TPSA) is 79.6 Å². The van der Waals surface area contributed by atoms with Crippen molar-refractivity contribution in [1.82, 2.24) is 0 Å². The van der Waals surface area contributed by atoms with E-state index in [1.807, 2.05) is 0 Å². The molecule has 0 N–H and O–H groups in total. The second kappa shape index (κ2) is 206. The summed E-state index contributed by atoms with van der Waals surface area (Å²) in [4.78, 5) is 0. The Morgan fingerprint density at radius 3 is 0.615 bits per heavy atom. The van der Waals surface area contributed by atoms with Crippen molar-refractivity contribution in [2.75, 3.05) is 0 Å². The molecule has 0 rings (SSSR count). The van der Waals surface area contributed by atoms with E-state index < -0.39 is 9.80 Å². The molecule has 74 valence electrons. The van der Waals surface area contributed by atoms with Crippen LogP contribution in [0.1, 0.15) is 0 Å². The fourth-order valence-electron chi connectivity index (χ4n) is 0. The Morgan fingerprint density at radius 2 is 0.615 bits per heavy atom. The monoisotopic (exact) mass is 256 g/mol. The van der Waals surface area contributed by atoms with Gasteiger partial charge in [0.1, 0.15) is 0 Å². The van der Waals surface area contributed by atoms with Crippen molar-refractivity contribution in [3.8, 4) is 0 Å². The van der Waals surface area contributed by atoms with Gasteiger partial charge in [0, 0.05) is 16.8 Å². The van der Waals surface area contributed by atoms with Crippen LogP contribution in [0.15, 0.2) is 0 Å². The van der Waals surface area contributed by atoms with Crippen LogP contribution in [0.25, 0.3) is 0 Å². The third-order valence-electron chi connectivity index (χ3n) is 0. The Bertz CT molecular complexity index is 96.8. The van der Waals surface area contributed by atoms with E-state index in [0.29, 0.717) is 0 Å². The molecule has 0 atom stereocenters. The molecule has 0 aliphatic rings. The molecule has 0 aromatic carbocycles. The Labute approximate surface area is 84.7 Å². The summed E-state index contributed by atoms with van der Waals surface area (Å²) in [5.74, 6) is 0. The molecule has 0 aromatic heterocycles. The van der Waals surface area contributed by atoms with Gasteiger partial charge in [0.15, 0.2) is 0 Å². The first-order valence-corrected chi connectivity index (χ1v) is 2.52. The van der Waals surface area contributed by atoms with Gasteiger partial charge in [0.05, 0.1) is 0 Å². The van der Waals surface area contributed by atoms with Crippen molar-refractivity contribution in [1.29, 1.82) is 0 Å². The second-order valence-corrected chi connectivity index (χ2v) is 0.643. The van der Waals surface area contributed by atoms with E-state index in [0.717, 1.165) is 0 Å². The molecule has 0 aliphatic carbocycles. The quantitative estimate of drug-likeness (QED) is 0.265. The minimum atomic E-state index is -4.38. The van der Waals surface area contributed by atoms with Gasteiger partial charge in [-0.15, -0.1) is 0 Å². The van der Waals surface area contributed by atoms with Crippen molar-refractivity contribution >= 4 is 9.80 Å². The summed E-state index contributed by atoms with van der Waals surface area (Å²) >= 11 is 0. The number of hydrogen-bond acceptors (Lipinski definition) is 0. The van der Waals surface area contributed by atoms with Crippen molar-refractivity contribution in [3.05, 3.63) is 26.6 Å². The zero-order chi connectivity index (χ0) is 11.6. The van der Waals surface area contributed by atoms with Crippen LogP contribution in [-0.4, -0.2) is 9.80 Å². The van der Waals surface area contributed by atoms with E-state index >= 15 is 0 Å². The van der Waals surface area contributed by atoms with E-state index in [9.17, 15) is 12.3 Å². The predicted octanol–water partition coefficient (Wildman–Crippen LogP) is 0.727. The van der Waals surface area contributed by atoms with Gasteiger partial charge in [0.2, 0.25) is 0 Å². The van der Waals surface area contributed by atoms with Crippen LogP contribution < -0.4 is 0 Å². The Balaban J connectivity index is -0.0000000122. The SMILES string of the molecule is F[Si](F)F.[C-]#[O+].[C-]#[O+].[C-]#[O+].[C-]#[O+].[Co]. The van der Waals surface area contributed by atoms with E-state index in [2.05, 4.69) is 26.6 Å². The molecule has 0 bridgehead atoms. The average Bonchev–Trinajstić information content (AvgIpc) is 2.16. The molecule has 0 heterocycles. The smallest absolute Gasteiger partial charge is 0 e. The molecule has 13 heavy (non-hydrogen) atoms. The van der Waals surface area contributed by atoms with Gasteiger partial charge < -0.3 is 0 Å². The first kappa shape index (κ1) is 39.2. The molecule has 4 nitrogen and oxygen atoms in total. The molecule has 0 saturated carbocycles. The third kappa shape index (κ3) is 3710. The predicted molar refractivity (Wildman–Crippen MR) is 24.8 cm³/mol. The number of rotatable bonds is 0. The minimum Gasteiger partial charge on any atom is 0 e. The van der Waals surface area contributed by atoms with Crippen LogP contribution in [0, 0.1) is 26.6 Å². The molecular formula is C4CoF3O4Si. The zero-order valence-electron chi connectivity index (χ0n) is 5.60. The molecule has 9 heteroatoms. The first-order valence-electron chi connectivity index (χ1n) is 1.38. The zero-order valence-corrected chi connectivity index (χ0v) is 7.64. The summed E-state index contributed by atoms with van der Waals surface area (Å²) in [7, 11) is -4.38. The van der Waals surface area contributed by atoms with Crippen LogP contribution in [0.2, 0.25) is 0 Å². The Morgan fingerprint density at radius 1 is 0.615 bits per heavy atom. The standard InChI is InChI=1S/4CO.Co.F3Si/c4*1-2;;1-4(2)3. The largest absolute Gasteiger partial charge is 0 e. The van der Waals surface area contributed by atoms with Gasteiger partial charge >= 0.3 is 55.0 Å². The fraction of sp³-hybridized carbons (Fsp3) is 0. The van der Waals surface area contributed by atoms with Gasteiger partial charge in [-0.3, -0.25) is 0 Å². The molecule has 0 spiro atoms. The summed E-state index contributed by atoms with van der Waals surface area (Å²) in [6, 6.07) is 0. The summed E-state index contributed by atoms with van der Waals surface area (Å²) < 4.78 is 59.3. The van der Waals surface area contributed by atoms with Crippen LogP contribution in [-0.2, 0) is 35.4 Å². The van der Waals surface area contributed by atoms with Crippen molar-refractivity contribution < 1.29 is 47.7 Å². The molecule has 0 fully saturated rings. The summed E-state index contributed by atoms with van der Waals surface area (Å²) in [6.45, 7) is 18.0. The minimum absolute atomic E-state index is 0. The van der Waals surface area contributed by atoms with Gasteiger partial charge in [-0.1, -0.05) is 0 Å². The van der Waals surface area contributed by atoms with E-state index in [1.54, 1.807) is 0 Å². The van der Waals surface area contributed by atoms with Crippen LogP contribution >= 0.6 is 0 Å². The molecule has 0 saturated heterocycles. The maximum Gasteiger partial charge on any atom is 0 e. The summed E-state index contributed by atoms with van der Waals surface area (Å²) in [5, 5.41) is 0. The van der Waals surface area contributed by atoms with Crippen molar-refractivity contribution in [2.45, 2.75) is 0 Å². The molecule has 0 aliphatic heterocycles. The van der Waals surface area contributed by atoms with E-state index in [1.165, 1.54) is 0 Å². The summed E-state index contributed by atoms with van der Waals surface area (Å²) in [6.07, 6.45) is 0. The van der Waals surface area contributed by atoms with Gasteiger partial charge in [-0.05, 0) is 0 Å². The normalized spacial score (nSPS) is 3.38. The number of hydrogen-bond donors (Lipinski definition) is 0. The molecule has 0 unspecified atom stereocenters. The first-order chi connectivity index (χ1) is 5.73. The Kier molecular flexibility index (Phi) is 620. The average molecular weight is 256 g/mol. The van der Waals surface area contributed by atoms with Crippen LogP contribution in [0.5, 0.6) is 0 Å². The maximum absolute atomic E-state index is 9.77. The third-order valence-corrected chi connectivity index (χ3v) is 0. The fourth-order valence-corrected chi connectivity index (χ4v) is 0. The van der Waals surface area contributed by atoms with Crippen LogP contribution in [0.3, 0.4) is 0 Å². The van der Waals surface area contributed by atoms with E-state index in [-0.39, 0.29) is 16.8 Å². The van der Waals surface area contributed by atoms with Crippen LogP contribution in [0.4, 0.5) is 12.3 Å². The summed E-state index contributed by atoms with van der Waals surface area (Å²) in [5.41, 5.74) is 0. The molecular weight excluding hydrogens is 256 g/mol. The number of halogens is 3. The molecule has 0 amide bonds. The van der Waals surface area contributed by atoms with E-state index in [4.69, 9.17) is 18.6 Å². The second-order valence-electron chi connectivity index (χ2n) is 0.214.